The molecule has 1 saturated carbocycles. The van der Waals surface area contributed by atoms with Crippen molar-refractivity contribution < 1.29 is 21.6 Å². The molecular formula is C12H16F3N3O2S. The molecule has 1 aliphatic rings. The average Bonchev–Trinajstić information content (AvgIpc) is 3.17. The number of alkyl halides is 3. The van der Waals surface area contributed by atoms with Gasteiger partial charge in [-0.15, -0.1) is 0 Å². The van der Waals surface area contributed by atoms with Gasteiger partial charge in [-0.1, -0.05) is 12.1 Å². The molecule has 21 heavy (non-hydrogen) atoms. The highest BCUT2D eigenvalue weighted by Crippen LogP contribution is 2.20. The number of rotatable bonds is 7. The first-order valence-corrected chi connectivity index (χ1v) is 7.88. The molecule has 0 amide bonds. The lowest BCUT2D eigenvalue weighted by Crippen LogP contribution is -2.37. The molecule has 0 heterocycles. The van der Waals surface area contributed by atoms with Gasteiger partial charge in [0.05, 0.1) is 5.69 Å². The van der Waals surface area contributed by atoms with Crippen molar-refractivity contribution >= 4 is 15.9 Å². The van der Waals surface area contributed by atoms with Crippen molar-refractivity contribution in [1.82, 2.24) is 10.0 Å². The molecule has 3 N–H and O–H groups in total. The Labute approximate surface area is 121 Å². The first kappa shape index (κ1) is 16.1. The van der Waals surface area contributed by atoms with Gasteiger partial charge in [-0.3, -0.25) is 4.72 Å². The topological polar surface area (TPSA) is 70.2 Å². The zero-order chi connectivity index (χ0) is 15.5. The maximum atomic E-state index is 12.0. The summed E-state index contributed by atoms with van der Waals surface area (Å²) >= 11 is 0. The third-order valence-corrected chi connectivity index (χ3v) is 3.84. The number of nitrogens with one attached hydrogen (secondary N) is 3. The fourth-order valence-electron chi connectivity index (χ4n) is 1.66. The molecule has 0 aliphatic heterocycles. The fraction of sp³-hybridized carbons (Fsp3) is 0.500. The monoisotopic (exact) mass is 323 g/mol. The van der Waals surface area contributed by atoms with Crippen molar-refractivity contribution in [3.05, 3.63) is 29.8 Å². The molecular weight excluding hydrogens is 307 g/mol. The molecule has 118 valence electrons. The van der Waals surface area contributed by atoms with Crippen LogP contribution in [0.2, 0.25) is 0 Å². The second kappa shape index (κ2) is 6.20. The first-order chi connectivity index (χ1) is 9.73. The van der Waals surface area contributed by atoms with E-state index in [0.29, 0.717) is 12.6 Å². The van der Waals surface area contributed by atoms with E-state index in [2.05, 4.69) is 10.0 Å². The molecule has 0 unspecified atom stereocenters. The lowest BCUT2D eigenvalue weighted by molar-refractivity contribution is -0.121. The number of anilines is 1. The van der Waals surface area contributed by atoms with E-state index in [4.69, 9.17) is 0 Å². The lowest BCUT2D eigenvalue weighted by Gasteiger charge is -2.12. The van der Waals surface area contributed by atoms with Crippen LogP contribution in [0, 0.1) is 0 Å². The quantitative estimate of drug-likeness (QED) is 0.716. The summed E-state index contributed by atoms with van der Waals surface area (Å²) in [4.78, 5) is 0. The zero-order valence-corrected chi connectivity index (χ0v) is 11.9. The van der Waals surface area contributed by atoms with Gasteiger partial charge in [-0.2, -0.15) is 26.3 Å². The maximum Gasteiger partial charge on any atom is 0.402 e. The van der Waals surface area contributed by atoms with E-state index in [0.717, 1.165) is 18.4 Å². The molecule has 0 spiro atoms. The van der Waals surface area contributed by atoms with Crippen molar-refractivity contribution in [1.29, 1.82) is 0 Å². The molecule has 1 aliphatic carbocycles. The van der Waals surface area contributed by atoms with Crippen LogP contribution in [0.15, 0.2) is 24.3 Å². The lowest BCUT2D eigenvalue weighted by atomic mass is 10.2. The summed E-state index contributed by atoms with van der Waals surface area (Å²) in [5.41, 5.74) is 1.08. The predicted molar refractivity (Wildman–Crippen MR) is 72.9 cm³/mol. The Kier molecular flexibility index (Phi) is 4.74. The summed E-state index contributed by atoms with van der Waals surface area (Å²) in [5.74, 6) is 0. The minimum absolute atomic E-state index is 0.222. The van der Waals surface area contributed by atoms with Gasteiger partial charge < -0.3 is 5.32 Å². The average molecular weight is 323 g/mol. The molecule has 1 aromatic rings. The number of halogens is 3. The standard InChI is InChI=1S/C12H16F3N3O2S/c13-12(14,15)8-17-21(19,20)18-11-3-1-2-9(6-11)7-16-10-4-5-10/h1-3,6,10,16-18H,4-5,7-8H2. The van der Waals surface area contributed by atoms with Crippen LogP contribution in [0.25, 0.3) is 0 Å². The van der Waals surface area contributed by atoms with Crippen molar-refractivity contribution in [3.63, 3.8) is 0 Å². The van der Waals surface area contributed by atoms with Gasteiger partial charge in [-0.25, -0.2) is 0 Å². The third kappa shape index (κ3) is 6.32. The Bertz CT molecular complexity index is 586. The Morgan fingerprint density at radius 2 is 1.95 bits per heavy atom. The molecule has 0 aromatic heterocycles. The van der Waals surface area contributed by atoms with Gasteiger partial charge in [-0.05, 0) is 30.5 Å². The summed E-state index contributed by atoms with van der Waals surface area (Å²) in [6.45, 7) is -1.01. The molecule has 0 bridgehead atoms. The van der Waals surface area contributed by atoms with Gasteiger partial charge >= 0.3 is 6.18 Å². The van der Waals surface area contributed by atoms with E-state index in [1.807, 2.05) is 6.07 Å². The summed E-state index contributed by atoms with van der Waals surface area (Å²) in [6.07, 6.45) is -2.33. The van der Waals surface area contributed by atoms with Crippen LogP contribution in [0.1, 0.15) is 18.4 Å². The van der Waals surface area contributed by atoms with Crippen LogP contribution >= 0.6 is 0 Å². The Morgan fingerprint density at radius 1 is 1.24 bits per heavy atom. The van der Waals surface area contributed by atoms with Crippen LogP contribution < -0.4 is 14.8 Å². The van der Waals surface area contributed by atoms with E-state index in [9.17, 15) is 21.6 Å². The highest BCUT2D eigenvalue weighted by atomic mass is 32.2. The molecule has 5 nitrogen and oxygen atoms in total. The van der Waals surface area contributed by atoms with Crippen LogP contribution in [0.5, 0.6) is 0 Å². The summed E-state index contributed by atoms with van der Waals surface area (Å²) in [7, 11) is -4.24. The maximum absolute atomic E-state index is 12.0. The van der Waals surface area contributed by atoms with Crippen molar-refractivity contribution in [3.8, 4) is 0 Å². The fourth-order valence-corrected chi connectivity index (χ4v) is 2.53. The summed E-state index contributed by atoms with van der Waals surface area (Å²) in [6, 6.07) is 7.04. The van der Waals surface area contributed by atoms with Crippen LogP contribution in [-0.2, 0) is 16.8 Å². The molecule has 9 heteroatoms. The van der Waals surface area contributed by atoms with Crippen LogP contribution in [0.3, 0.4) is 0 Å². The van der Waals surface area contributed by atoms with E-state index in [1.54, 1.807) is 12.1 Å². The smallest absolute Gasteiger partial charge is 0.310 e. The SMILES string of the molecule is O=S(=O)(NCC(F)(F)F)Nc1cccc(CNC2CC2)c1. The van der Waals surface area contributed by atoms with E-state index in [1.165, 1.54) is 10.8 Å². The highest BCUT2D eigenvalue weighted by molar-refractivity contribution is 7.90. The largest absolute Gasteiger partial charge is 0.402 e. The normalized spacial score (nSPS) is 16.0. The van der Waals surface area contributed by atoms with Crippen LogP contribution in [0.4, 0.5) is 18.9 Å². The Balaban J connectivity index is 1.92. The second-order valence-corrected chi connectivity index (χ2v) is 6.40. The predicted octanol–water partition coefficient (Wildman–Crippen LogP) is 1.75. The minimum atomic E-state index is -4.59. The second-order valence-electron chi connectivity index (χ2n) is 4.90. The number of hydrogen-bond acceptors (Lipinski definition) is 3. The molecule has 1 aromatic carbocycles. The molecule has 1 fully saturated rings. The van der Waals surface area contributed by atoms with Gasteiger partial charge in [0.15, 0.2) is 0 Å². The molecule has 0 radical (unpaired) electrons. The molecule has 2 rings (SSSR count). The van der Waals surface area contributed by atoms with Gasteiger partial charge in [0.2, 0.25) is 0 Å². The van der Waals surface area contributed by atoms with E-state index < -0.39 is 22.9 Å². The molecule has 0 atom stereocenters. The number of benzene rings is 1. The Morgan fingerprint density at radius 3 is 2.57 bits per heavy atom. The van der Waals surface area contributed by atoms with E-state index >= 15 is 0 Å². The summed E-state index contributed by atoms with van der Waals surface area (Å²) in [5, 5.41) is 3.27. The van der Waals surface area contributed by atoms with Crippen molar-refractivity contribution in [2.24, 2.45) is 0 Å². The van der Waals surface area contributed by atoms with E-state index in [-0.39, 0.29) is 5.69 Å². The summed E-state index contributed by atoms with van der Waals surface area (Å²) < 4.78 is 62.5. The third-order valence-electron chi connectivity index (χ3n) is 2.81. The first-order valence-electron chi connectivity index (χ1n) is 6.40. The van der Waals surface area contributed by atoms with Gasteiger partial charge in [0, 0.05) is 12.6 Å². The van der Waals surface area contributed by atoms with Crippen molar-refractivity contribution in [2.45, 2.75) is 31.6 Å². The highest BCUT2D eigenvalue weighted by Gasteiger charge is 2.29. The minimum Gasteiger partial charge on any atom is -0.310 e. The zero-order valence-electron chi connectivity index (χ0n) is 11.1. The van der Waals surface area contributed by atoms with Gasteiger partial charge in [0.25, 0.3) is 10.2 Å². The molecule has 0 saturated heterocycles. The number of hydrogen-bond donors (Lipinski definition) is 3. The van der Waals surface area contributed by atoms with Gasteiger partial charge in [0.1, 0.15) is 6.54 Å². The van der Waals surface area contributed by atoms with Crippen LogP contribution in [-0.4, -0.2) is 27.2 Å². The Hall–Kier alpha value is -1.32. The van der Waals surface area contributed by atoms with Crippen molar-refractivity contribution in [2.75, 3.05) is 11.3 Å².